The van der Waals surface area contributed by atoms with E-state index in [1.54, 1.807) is 6.07 Å². The minimum atomic E-state index is -0.139. The van der Waals surface area contributed by atoms with Gasteiger partial charge in [0.15, 0.2) is 5.96 Å². The van der Waals surface area contributed by atoms with Gasteiger partial charge in [-0.3, -0.25) is 9.79 Å². The van der Waals surface area contributed by atoms with Crippen LogP contribution in [0.3, 0.4) is 0 Å². The number of hydrogen-bond acceptors (Lipinski definition) is 3. The van der Waals surface area contributed by atoms with Crippen LogP contribution in [0.15, 0.2) is 33.7 Å². The lowest BCUT2D eigenvalue weighted by Gasteiger charge is -2.21. The van der Waals surface area contributed by atoms with E-state index in [1.807, 2.05) is 25.1 Å². The Morgan fingerprint density at radius 3 is 2.74 bits per heavy atom. The molecule has 1 saturated heterocycles. The molecule has 3 N–H and O–H groups in total. The van der Waals surface area contributed by atoms with Gasteiger partial charge in [0.25, 0.3) is 5.91 Å². The first-order chi connectivity index (χ1) is 12.5. The number of amides is 1. The van der Waals surface area contributed by atoms with Crippen LogP contribution in [-0.4, -0.2) is 50.3 Å². The van der Waals surface area contributed by atoms with Gasteiger partial charge in [-0.25, -0.2) is 0 Å². The first-order valence-electron chi connectivity index (χ1n) is 9.22. The topological polar surface area (TPSA) is 74.8 Å². The summed E-state index contributed by atoms with van der Waals surface area (Å²) < 4.78 is 6.68. The fourth-order valence-electron chi connectivity index (χ4n) is 2.78. The van der Waals surface area contributed by atoms with E-state index in [0.29, 0.717) is 18.7 Å². The molecule has 1 heterocycles. The van der Waals surface area contributed by atoms with Crippen LogP contribution in [0.4, 0.5) is 0 Å². The number of ether oxygens (including phenoxy) is 1. The smallest absolute Gasteiger partial charge is 0.251 e. The molecule has 0 aromatic heterocycles. The Morgan fingerprint density at radius 2 is 2.07 bits per heavy atom. The van der Waals surface area contributed by atoms with Gasteiger partial charge < -0.3 is 20.7 Å². The van der Waals surface area contributed by atoms with Gasteiger partial charge in [0.1, 0.15) is 0 Å². The summed E-state index contributed by atoms with van der Waals surface area (Å²) in [4.78, 5) is 16.7. The molecule has 0 spiro atoms. The molecule has 1 atom stereocenters. The van der Waals surface area contributed by atoms with Gasteiger partial charge in [-0.05, 0) is 51.3 Å². The molecule has 1 aromatic rings. The maximum absolute atomic E-state index is 12.1. The highest BCUT2D eigenvalue weighted by atomic mass is 127. The van der Waals surface area contributed by atoms with Crippen LogP contribution in [0, 0.1) is 0 Å². The molecule has 1 unspecified atom stereocenters. The number of nitrogens with one attached hydrogen (secondary N) is 3. The number of carbonyl (C=O) groups excluding carboxylic acids is 1. The number of aliphatic imine (C=N–C) groups is 1. The van der Waals surface area contributed by atoms with E-state index in [4.69, 9.17) is 4.74 Å². The van der Waals surface area contributed by atoms with Crippen molar-refractivity contribution >= 4 is 51.8 Å². The number of nitrogens with zero attached hydrogens (tertiary/aromatic N) is 1. The summed E-state index contributed by atoms with van der Waals surface area (Å²) in [6.45, 7) is 7.80. The quantitative estimate of drug-likeness (QED) is 0.200. The van der Waals surface area contributed by atoms with Crippen LogP contribution in [0.25, 0.3) is 0 Å². The summed E-state index contributed by atoms with van der Waals surface area (Å²) in [5.74, 6) is 0.737. The van der Waals surface area contributed by atoms with Crippen LogP contribution in [0.1, 0.15) is 43.5 Å². The molecule has 0 saturated carbocycles. The van der Waals surface area contributed by atoms with Gasteiger partial charge in [0.2, 0.25) is 0 Å². The molecule has 1 aliphatic rings. The second-order valence-electron chi connectivity index (χ2n) is 6.64. The van der Waals surface area contributed by atoms with Crippen molar-refractivity contribution < 1.29 is 9.53 Å². The van der Waals surface area contributed by atoms with Gasteiger partial charge in [0, 0.05) is 36.3 Å². The van der Waals surface area contributed by atoms with Crippen molar-refractivity contribution in [3.63, 3.8) is 0 Å². The molecule has 1 fully saturated rings. The molecule has 1 aliphatic heterocycles. The first kappa shape index (κ1) is 24.2. The first-order valence-corrected chi connectivity index (χ1v) is 10.0. The molecule has 27 heavy (non-hydrogen) atoms. The van der Waals surface area contributed by atoms with Crippen LogP contribution in [-0.2, 0) is 4.74 Å². The number of rotatable bonds is 8. The van der Waals surface area contributed by atoms with E-state index in [2.05, 4.69) is 43.8 Å². The summed E-state index contributed by atoms with van der Waals surface area (Å²) in [5.41, 5.74) is 0.521. The third-order valence-corrected chi connectivity index (χ3v) is 4.73. The summed E-state index contributed by atoms with van der Waals surface area (Å²) in [5, 5.41) is 9.49. The molecule has 0 aliphatic carbocycles. The molecule has 1 amide bonds. The van der Waals surface area contributed by atoms with Crippen LogP contribution in [0.2, 0.25) is 0 Å². The molecule has 8 heteroatoms. The van der Waals surface area contributed by atoms with Crippen molar-refractivity contribution in [2.24, 2.45) is 4.99 Å². The zero-order valence-electron chi connectivity index (χ0n) is 16.0. The van der Waals surface area contributed by atoms with Crippen molar-refractivity contribution in [1.82, 2.24) is 16.0 Å². The molecular formula is C19H30BrIN4O2. The van der Waals surface area contributed by atoms with Gasteiger partial charge in [0.05, 0.1) is 12.1 Å². The minimum absolute atomic E-state index is 0. The number of benzene rings is 1. The third-order valence-electron chi connectivity index (χ3n) is 4.23. The molecule has 2 rings (SSSR count). The summed E-state index contributed by atoms with van der Waals surface area (Å²) in [6.07, 6.45) is 2.98. The normalized spacial score (nSPS) is 19.3. The van der Waals surface area contributed by atoms with Gasteiger partial charge >= 0.3 is 0 Å². The SMILES string of the molecule is CCNC(=NCC1(C)CCCO1)NCCCNC(=O)c1cccc(Br)c1.I. The Bertz CT molecular complexity index is 621. The number of carbonyl (C=O) groups is 1. The number of guanidine groups is 1. The van der Waals surface area contributed by atoms with Gasteiger partial charge in [-0.15, -0.1) is 24.0 Å². The van der Waals surface area contributed by atoms with Crippen LogP contribution in [0.5, 0.6) is 0 Å². The molecule has 0 radical (unpaired) electrons. The molecule has 152 valence electrons. The highest BCUT2D eigenvalue weighted by molar-refractivity contribution is 14.0. The molecule has 6 nitrogen and oxygen atoms in total. The summed E-state index contributed by atoms with van der Waals surface area (Å²) in [7, 11) is 0. The fraction of sp³-hybridized carbons (Fsp3) is 0.579. The van der Waals surface area contributed by atoms with Crippen molar-refractivity contribution in [2.75, 3.05) is 32.8 Å². The standard InChI is InChI=1S/C19H29BrN4O2.HI/c1-3-21-18(24-14-19(2)9-5-12-26-19)23-11-6-10-22-17(25)15-7-4-8-16(20)13-15;/h4,7-8,13H,3,5-6,9-12,14H2,1-2H3,(H,22,25)(H2,21,23,24);1H. The lowest BCUT2D eigenvalue weighted by atomic mass is 10.0. The average molecular weight is 553 g/mol. The highest BCUT2D eigenvalue weighted by Gasteiger charge is 2.29. The number of hydrogen-bond donors (Lipinski definition) is 3. The summed E-state index contributed by atoms with van der Waals surface area (Å²) in [6, 6.07) is 7.38. The van der Waals surface area contributed by atoms with Gasteiger partial charge in [-0.2, -0.15) is 0 Å². The van der Waals surface area contributed by atoms with E-state index in [1.165, 1.54) is 0 Å². The monoisotopic (exact) mass is 552 g/mol. The minimum Gasteiger partial charge on any atom is -0.373 e. The third kappa shape index (κ3) is 8.78. The largest absolute Gasteiger partial charge is 0.373 e. The number of halogens is 2. The van der Waals surface area contributed by atoms with Crippen molar-refractivity contribution in [1.29, 1.82) is 0 Å². The van der Waals surface area contributed by atoms with E-state index < -0.39 is 0 Å². The van der Waals surface area contributed by atoms with E-state index in [-0.39, 0.29) is 35.5 Å². The molecular weight excluding hydrogens is 523 g/mol. The molecule has 1 aromatic carbocycles. The van der Waals surface area contributed by atoms with Crippen molar-refractivity contribution in [2.45, 2.75) is 38.7 Å². The second kappa shape index (κ2) is 12.6. The lowest BCUT2D eigenvalue weighted by molar-refractivity contribution is 0.0283. The Labute approximate surface area is 187 Å². The Balaban J connectivity index is 0.00000364. The lowest BCUT2D eigenvalue weighted by Crippen LogP contribution is -2.40. The maximum Gasteiger partial charge on any atom is 0.251 e. The average Bonchev–Trinajstić information content (AvgIpc) is 3.06. The van der Waals surface area contributed by atoms with Crippen LogP contribution >= 0.6 is 39.9 Å². The van der Waals surface area contributed by atoms with E-state index in [9.17, 15) is 4.79 Å². The fourth-order valence-corrected chi connectivity index (χ4v) is 3.18. The van der Waals surface area contributed by atoms with Crippen molar-refractivity contribution in [3.05, 3.63) is 34.3 Å². The predicted octanol–water partition coefficient (Wildman–Crippen LogP) is 3.31. The molecule has 0 bridgehead atoms. The van der Waals surface area contributed by atoms with Gasteiger partial charge in [-0.1, -0.05) is 22.0 Å². The maximum atomic E-state index is 12.1. The predicted molar refractivity (Wildman–Crippen MR) is 124 cm³/mol. The Hall–Kier alpha value is -0.870. The van der Waals surface area contributed by atoms with E-state index in [0.717, 1.165) is 49.4 Å². The van der Waals surface area contributed by atoms with Crippen molar-refractivity contribution in [3.8, 4) is 0 Å². The Kier molecular flexibility index (Phi) is 11.2. The van der Waals surface area contributed by atoms with Crippen LogP contribution < -0.4 is 16.0 Å². The summed E-state index contributed by atoms with van der Waals surface area (Å²) >= 11 is 3.38. The van der Waals surface area contributed by atoms with E-state index >= 15 is 0 Å². The second-order valence-corrected chi connectivity index (χ2v) is 7.56. The highest BCUT2D eigenvalue weighted by Crippen LogP contribution is 2.24. The zero-order chi connectivity index (χ0) is 18.8. The Morgan fingerprint density at radius 1 is 1.30 bits per heavy atom. The zero-order valence-corrected chi connectivity index (χ0v) is 19.9.